The summed E-state index contributed by atoms with van der Waals surface area (Å²) in [5, 5.41) is 12.2. The summed E-state index contributed by atoms with van der Waals surface area (Å²) in [5.41, 5.74) is 4.17. The highest BCUT2D eigenvalue weighted by molar-refractivity contribution is 6.23. The second kappa shape index (κ2) is 20.8. The zero-order valence-corrected chi connectivity index (χ0v) is 35.1. The number of amides is 3. The molecule has 3 aliphatic rings. The number of nitrogens with zero attached hydrogens (tertiary/aromatic N) is 5. The quantitative estimate of drug-likeness (QED) is 0.0461. The molecule has 2 aromatic heterocycles. The second-order valence-corrected chi connectivity index (χ2v) is 15.6. The number of piperazine rings is 1. The molecule has 4 heterocycles. The number of anilines is 2. The van der Waals surface area contributed by atoms with Crippen LogP contribution in [0, 0.1) is 0 Å². The second-order valence-electron chi connectivity index (χ2n) is 15.6. The zero-order valence-electron chi connectivity index (χ0n) is 35.1. The number of hydrogen-bond donors (Lipinski definition) is 4. The Balaban J connectivity index is 0.688. The van der Waals surface area contributed by atoms with Gasteiger partial charge in [0.1, 0.15) is 36.0 Å². The van der Waals surface area contributed by atoms with Crippen LogP contribution in [0.25, 0.3) is 22.2 Å². The van der Waals surface area contributed by atoms with E-state index >= 15 is 0 Å². The molecule has 0 bridgehead atoms. The van der Waals surface area contributed by atoms with E-state index in [0.29, 0.717) is 56.4 Å². The van der Waals surface area contributed by atoms with Crippen molar-refractivity contribution in [2.45, 2.75) is 37.8 Å². The monoisotopic (exact) mass is 845 g/mol. The van der Waals surface area contributed by atoms with Crippen LogP contribution in [0.5, 0.6) is 11.5 Å². The van der Waals surface area contributed by atoms with Crippen LogP contribution in [0.2, 0.25) is 0 Å². The highest BCUT2D eigenvalue weighted by Crippen LogP contribution is 2.40. The first-order valence-corrected chi connectivity index (χ1v) is 21.5. The van der Waals surface area contributed by atoms with Crippen LogP contribution in [0.1, 0.15) is 52.4 Å². The number of para-hydroxylation sites is 1. The van der Waals surface area contributed by atoms with Crippen molar-refractivity contribution >= 4 is 40.3 Å². The third-order valence-electron chi connectivity index (χ3n) is 11.8. The van der Waals surface area contributed by atoms with Gasteiger partial charge in [-0.15, -0.1) is 0 Å². The number of ether oxygens (including phenoxy) is 4. The summed E-state index contributed by atoms with van der Waals surface area (Å²) in [6.45, 7) is 7.44. The molecule has 3 amide bonds. The Bertz CT molecular complexity index is 2290. The minimum Gasteiger partial charge on any atom is -0.457 e. The molecule has 0 atom stereocenters. The van der Waals surface area contributed by atoms with E-state index in [-0.39, 0.29) is 24.7 Å². The van der Waals surface area contributed by atoms with E-state index < -0.39 is 11.8 Å². The maximum atomic E-state index is 12.2. The van der Waals surface area contributed by atoms with Gasteiger partial charge >= 0.3 is 0 Å². The molecule has 1 aliphatic carbocycles. The Morgan fingerprint density at radius 1 is 0.758 bits per heavy atom. The summed E-state index contributed by atoms with van der Waals surface area (Å²) < 4.78 is 25.4. The standard InChI is InChI=1S/C46H55N9O7/c1-47-43-42-38(32-10-16-36(17-11-32)62-35-6-3-2-4-7-35)29-55(44(42)50-30-49-43)34-14-12-33(13-15-34)54-20-18-53(19-21-54)22-23-59-24-25-60-26-27-61-31-51-40(56)28-48-39-9-5-8-37-41(39)46(58)52-45(37)57/h2-11,16-17,29-30,33-34,48H,12-15,18-28,31H2,1H3,(H,51,56)(H,47,49,50)(H,52,57,58). The van der Waals surface area contributed by atoms with E-state index in [4.69, 9.17) is 23.9 Å². The Labute approximate surface area is 361 Å². The van der Waals surface area contributed by atoms with E-state index in [1.165, 1.54) is 12.8 Å². The van der Waals surface area contributed by atoms with Crippen LogP contribution in [0.3, 0.4) is 0 Å². The summed E-state index contributed by atoms with van der Waals surface area (Å²) in [4.78, 5) is 50.6. The molecule has 0 radical (unpaired) electrons. The lowest BCUT2D eigenvalue weighted by atomic mass is 9.89. The molecule has 0 spiro atoms. The Morgan fingerprint density at radius 3 is 2.23 bits per heavy atom. The van der Waals surface area contributed by atoms with Crippen molar-refractivity contribution in [2.24, 2.45) is 0 Å². The van der Waals surface area contributed by atoms with Crippen molar-refractivity contribution in [1.82, 2.24) is 35.0 Å². The average molecular weight is 846 g/mol. The van der Waals surface area contributed by atoms with E-state index in [1.807, 2.05) is 49.5 Å². The highest BCUT2D eigenvalue weighted by atomic mass is 16.5. The van der Waals surface area contributed by atoms with E-state index in [2.05, 4.69) is 58.9 Å². The topological polar surface area (TPSA) is 173 Å². The van der Waals surface area contributed by atoms with Crippen LogP contribution >= 0.6 is 0 Å². The van der Waals surface area contributed by atoms with Gasteiger partial charge in [0.25, 0.3) is 11.8 Å². The maximum Gasteiger partial charge on any atom is 0.261 e. The minimum atomic E-state index is -0.477. The van der Waals surface area contributed by atoms with Gasteiger partial charge in [-0.2, -0.15) is 0 Å². The van der Waals surface area contributed by atoms with E-state index in [9.17, 15) is 14.4 Å². The molecule has 2 aliphatic heterocycles. The minimum absolute atomic E-state index is 0.0317. The molecular weight excluding hydrogens is 791 g/mol. The molecule has 2 fully saturated rings. The number of nitrogens with one attached hydrogen (secondary N) is 4. The normalized spacial score (nSPS) is 18.1. The molecule has 5 aromatic rings. The summed E-state index contributed by atoms with van der Waals surface area (Å²) in [6, 6.07) is 24.0. The fourth-order valence-corrected chi connectivity index (χ4v) is 8.59. The first-order valence-electron chi connectivity index (χ1n) is 21.5. The summed E-state index contributed by atoms with van der Waals surface area (Å²) >= 11 is 0. The highest BCUT2D eigenvalue weighted by Gasteiger charge is 2.31. The molecule has 62 heavy (non-hydrogen) atoms. The van der Waals surface area contributed by atoms with Gasteiger partial charge in [0.15, 0.2) is 0 Å². The van der Waals surface area contributed by atoms with Gasteiger partial charge in [-0.1, -0.05) is 36.4 Å². The number of imide groups is 1. The van der Waals surface area contributed by atoms with Crippen LogP contribution in [-0.4, -0.2) is 134 Å². The predicted molar refractivity (Wildman–Crippen MR) is 236 cm³/mol. The average Bonchev–Trinajstić information content (AvgIpc) is 3.85. The van der Waals surface area contributed by atoms with Gasteiger partial charge in [-0.3, -0.25) is 29.5 Å². The van der Waals surface area contributed by atoms with Gasteiger partial charge < -0.3 is 39.5 Å². The molecule has 4 N–H and O–H groups in total. The number of carbonyl (C=O) groups excluding carboxylic acids is 3. The van der Waals surface area contributed by atoms with Crippen molar-refractivity contribution < 1.29 is 33.3 Å². The van der Waals surface area contributed by atoms with Crippen LogP contribution < -0.4 is 26.0 Å². The molecule has 16 nitrogen and oxygen atoms in total. The molecule has 8 rings (SSSR count). The van der Waals surface area contributed by atoms with Gasteiger partial charge in [0, 0.05) is 69.3 Å². The van der Waals surface area contributed by atoms with Crippen LogP contribution in [0.15, 0.2) is 85.3 Å². The van der Waals surface area contributed by atoms with Crippen molar-refractivity contribution in [3.8, 4) is 22.6 Å². The summed E-state index contributed by atoms with van der Waals surface area (Å²) in [7, 11) is 1.91. The number of benzene rings is 3. The Kier molecular flexibility index (Phi) is 14.3. The third-order valence-corrected chi connectivity index (χ3v) is 11.8. The van der Waals surface area contributed by atoms with Crippen molar-refractivity contribution in [2.75, 3.05) is 96.7 Å². The predicted octanol–water partition coefficient (Wildman–Crippen LogP) is 5.15. The molecule has 1 saturated carbocycles. The fraction of sp³-hybridized carbons (Fsp3) is 0.413. The van der Waals surface area contributed by atoms with Gasteiger partial charge in [0.2, 0.25) is 5.91 Å². The van der Waals surface area contributed by atoms with Gasteiger partial charge in [0.05, 0.1) is 56.1 Å². The summed E-state index contributed by atoms with van der Waals surface area (Å²) in [6.07, 6.45) is 8.49. The van der Waals surface area contributed by atoms with Crippen LogP contribution in [-0.2, 0) is 19.0 Å². The molecule has 3 aromatic carbocycles. The first kappa shape index (κ1) is 42.8. The van der Waals surface area contributed by atoms with Crippen LogP contribution in [0.4, 0.5) is 11.5 Å². The van der Waals surface area contributed by atoms with E-state index in [1.54, 1.807) is 24.5 Å². The number of hydrogen-bond acceptors (Lipinski definition) is 13. The van der Waals surface area contributed by atoms with Crippen molar-refractivity contribution in [3.05, 3.63) is 96.4 Å². The SMILES string of the molecule is CNc1ncnc2c1c(-c1ccc(Oc3ccccc3)cc1)cn2C1CCC(N2CCN(CCOCCOCCOCNC(=O)CNc3cccc4c3C(=O)NC4=O)CC2)CC1. The Hall–Kier alpha value is -5.91. The van der Waals surface area contributed by atoms with Crippen molar-refractivity contribution in [1.29, 1.82) is 0 Å². The third kappa shape index (κ3) is 10.4. The summed E-state index contributed by atoms with van der Waals surface area (Å²) in [5.74, 6) is 1.22. The molecular formula is C46H55N9O7. The molecule has 16 heteroatoms. The fourth-order valence-electron chi connectivity index (χ4n) is 8.59. The van der Waals surface area contributed by atoms with Gasteiger partial charge in [-0.25, -0.2) is 9.97 Å². The maximum absolute atomic E-state index is 12.2. The molecule has 1 saturated heterocycles. The first-order chi connectivity index (χ1) is 30.4. The van der Waals surface area contributed by atoms with Gasteiger partial charge in [-0.05, 0) is 67.6 Å². The number of rotatable bonds is 20. The lowest BCUT2D eigenvalue weighted by molar-refractivity contribution is -0.121. The lowest BCUT2D eigenvalue weighted by Crippen LogP contribution is -2.51. The Morgan fingerprint density at radius 2 is 1.47 bits per heavy atom. The largest absolute Gasteiger partial charge is 0.457 e. The van der Waals surface area contributed by atoms with Crippen molar-refractivity contribution in [3.63, 3.8) is 0 Å². The number of carbonyl (C=O) groups is 3. The smallest absolute Gasteiger partial charge is 0.261 e. The van der Waals surface area contributed by atoms with E-state index in [0.717, 1.165) is 85.0 Å². The molecule has 0 unspecified atom stereocenters. The zero-order chi connectivity index (χ0) is 42.7. The lowest BCUT2D eigenvalue weighted by Gasteiger charge is -2.42. The number of fused-ring (bicyclic) bond motifs is 2. The molecule has 326 valence electrons. The number of aromatic nitrogens is 3.